The normalized spacial score (nSPS) is 24.6. The zero-order valence-corrected chi connectivity index (χ0v) is 11.1. The van der Waals surface area contributed by atoms with Crippen molar-refractivity contribution >= 4 is 11.7 Å². The van der Waals surface area contributed by atoms with Crippen LogP contribution in [0.1, 0.15) is 55.1 Å². The van der Waals surface area contributed by atoms with Gasteiger partial charge in [-0.25, -0.2) is 0 Å². The predicted octanol–water partition coefficient (Wildman–Crippen LogP) is 2.00. The highest BCUT2D eigenvalue weighted by molar-refractivity contribution is 5.99. The van der Waals surface area contributed by atoms with Gasteiger partial charge in [-0.15, -0.1) is 0 Å². The number of aromatic amines is 1. The van der Waals surface area contributed by atoms with Gasteiger partial charge in [0.05, 0.1) is 0 Å². The van der Waals surface area contributed by atoms with Crippen molar-refractivity contribution in [1.82, 2.24) is 15.5 Å². The third-order valence-corrected chi connectivity index (χ3v) is 3.79. The Morgan fingerprint density at radius 3 is 2.83 bits per heavy atom. The highest BCUT2D eigenvalue weighted by atomic mass is 16.1. The average Bonchev–Trinajstić information content (AvgIpc) is 2.52. The van der Waals surface area contributed by atoms with Gasteiger partial charge in [0.1, 0.15) is 5.56 Å². The number of aryl methyl sites for hydroxylation is 1. The van der Waals surface area contributed by atoms with E-state index in [0.29, 0.717) is 5.56 Å². The lowest BCUT2D eigenvalue weighted by atomic mass is 10.0. The summed E-state index contributed by atoms with van der Waals surface area (Å²) in [6.45, 7) is 4.09. The van der Waals surface area contributed by atoms with Gasteiger partial charge >= 0.3 is 0 Å². The van der Waals surface area contributed by atoms with Crippen LogP contribution in [-0.2, 0) is 0 Å². The van der Waals surface area contributed by atoms with Gasteiger partial charge in [0.25, 0.3) is 5.91 Å². The van der Waals surface area contributed by atoms with E-state index in [4.69, 9.17) is 5.73 Å². The van der Waals surface area contributed by atoms with E-state index < -0.39 is 0 Å². The quantitative estimate of drug-likeness (QED) is 0.702. The van der Waals surface area contributed by atoms with Gasteiger partial charge in [0.2, 0.25) is 0 Å². The summed E-state index contributed by atoms with van der Waals surface area (Å²) in [5, 5.41) is 9.68. The first-order valence-corrected chi connectivity index (χ1v) is 6.69. The molecule has 2 unspecified atom stereocenters. The minimum Gasteiger partial charge on any atom is -0.382 e. The molecule has 1 aromatic heterocycles. The number of carbonyl (C=O) groups excluding carboxylic acids is 1. The molecule has 0 aliphatic heterocycles. The molecule has 0 radical (unpaired) electrons. The van der Waals surface area contributed by atoms with E-state index in [1.165, 1.54) is 19.3 Å². The Bertz CT molecular complexity index is 407. The van der Waals surface area contributed by atoms with E-state index in [2.05, 4.69) is 22.4 Å². The van der Waals surface area contributed by atoms with Crippen LogP contribution in [0.3, 0.4) is 0 Å². The van der Waals surface area contributed by atoms with E-state index >= 15 is 0 Å². The molecular weight excluding hydrogens is 228 g/mol. The number of anilines is 1. The third kappa shape index (κ3) is 2.83. The topological polar surface area (TPSA) is 83.8 Å². The Kier molecular flexibility index (Phi) is 3.89. The number of amides is 1. The van der Waals surface area contributed by atoms with Crippen molar-refractivity contribution in [2.75, 3.05) is 5.73 Å². The molecule has 2 rings (SSSR count). The van der Waals surface area contributed by atoms with Gasteiger partial charge in [-0.2, -0.15) is 5.10 Å². The third-order valence-electron chi connectivity index (χ3n) is 3.79. The van der Waals surface area contributed by atoms with Crippen molar-refractivity contribution in [3.8, 4) is 0 Å². The summed E-state index contributed by atoms with van der Waals surface area (Å²) < 4.78 is 0. The standard InChI is InChI=1S/C13H22N4O/c1-8-4-3-5-10(7-6-8)15-13(18)11-9(2)16-17-12(11)14/h8,10H,3-7H2,1-2H3,(H,15,18)(H3,14,16,17). The largest absolute Gasteiger partial charge is 0.382 e. The summed E-state index contributed by atoms with van der Waals surface area (Å²) in [5.41, 5.74) is 6.92. The molecule has 0 saturated heterocycles. The van der Waals surface area contributed by atoms with Crippen molar-refractivity contribution in [3.05, 3.63) is 11.3 Å². The number of nitrogens with one attached hydrogen (secondary N) is 2. The highest BCUT2D eigenvalue weighted by Gasteiger charge is 2.21. The molecule has 1 fully saturated rings. The van der Waals surface area contributed by atoms with Crippen LogP contribution in [0.2, 0.25) is 0 Å². The first-order chi connectivity index (χ1) is 8.58. The van der Waals surface area contributed by atoms with Crippen molar-refractivity contribution in [2.24, 2.45) is 5.92 Å². The molecule has 2 atom stereocenters. The first-order valence-electron chi connectivity index (χ1n) is 6.69. The predicted molar refractivity (Wildman–Crippen MR) is 71.2 cm³/mol. The molecule has 1 aromatic rings. The fourth-order valence-corrected chi connectivity index (χ4v) is 2.62. The van der Waals surface area contributed by atoms with Gasteiger partial charge in [0.15, 0.2) is 5.82 Å². The number of nitrogens with two attached hydrogens (primary N) is 1. The number of hydrogen-bond acceptors (Lipinski definition) is 3. The van der Waals surface area contributed by atoms with E-state index in [-0.39, 0.29) is 17.8 Å². The van der Waals surface area contributed by atoms with Crippen LogP contribution in [0, 0.1) is 12.8 Å². The molecule has 5 heteroatoms. The minimum absolute atomic E-state index is 0.0988. The Labute approximate surface area is 108 Å². The van der Waals surface area contributed by atoms with Crippen molar-refractivity contribution in [1.29, 1.82) is 0 Å². The Morgan fingerprint density at radius 2 is 2.17 bits per heavy atom. The fraction of sp³-hybridized carbons (Fsp3) is 0.692. The van der Waals surface area contributed by atoms with Crippen molar-refractivity contribution < 1.29 is 4.79 Å². The molecule has 4 N–H and O–H groups in total. The molecule has 1 amide bonds. The number of nitrogen functional groups attached to an aromatic ring is 1. The summed E-state index contributed by atoms with van der Waals surface area (Å²) >= 11 is 0. The zero-order valence-electron chi connectivity index (χ0n) is 11.1. The summed E-state index contributed by atoms with van der Waals surface area (Å²) in [6.07, 6.45) is 5.76. The van der Waals surface area contributed by atoms with Gasteiger partial charge in [-0.1, -0.05) is 19.8 Å². The number of aromatic nitrogens is 2. The van der Waals surface area contributed by atoms with E-state index in [1.807, 2.05) is 6.92 Å². The summed E-state index contributed by atoms with van der Waals surface area (Å²) in [7, 11) is 0. The second-order valence-corrected chi connectivity index (χ2v) is 5.39. The molecule has 100 valence electrons. The number of hydrogen-bond donors (Lipinski definition) is 3. The van der Waals surface area contributed by atoms with Crippen LogP contribution in [0.15, 0.2) is 0 Å². The van der Waals surface area contributed by atoms with Gasteiger partial charge < -0.3 is 11.1 Å². The van der Waals surface area contributed by atoms with E-state index in [9.17, 15) is 4.79 Å². The first kappa shape index (κ1) is 12.9. The zero-order chi connectivity index (χ0) is 13.1. The summed E-state index contributed by atoms with van der Waals surface area (Å²) in [4.78, 5) is 12.2. The number of rotatable bonds is 2. The van der Waals surface area contributed by atoms with Crippen LogP contribution in [-0.4, -0.2) is 22.1 Å². The Morgan fingerprint density at radius 1 is 1.39 bits per heavy atom. The molecule has 18 heavy (non-hydrogen) atoms. The number of carbonyl (C=O) groups is 1. The second kappa shape index (κ2) is 5.42. The van der Waals surface area contributed by atoms with E-state index in [1.54, 1.807) is 0 Å². The maximum Gasteiger partial charge on any atom is 0.257 e. The lowest BCUT2D eigenvalue weighted by molar-refractivity contribution is 0.0933. The average molecular weight is 250 g/mol. The van der Waals surface area contributed by atoms with Crippen LogP contribution in [0.4, 0.5) is 5.82 Å². The molecule has 1 saturated carbocycles. The lowest BCUT2D eigenvalue weighted by Crippen LogP contribution is -2.35. The SMILES string of the molecule is Cc1[nH]nc(N)c1C(=O)NC1CCCC(C)CC1. The van der Waals surface area contributed by atoms with Crippen LogP contribution < -0.4 is 11.1 Å². The molecule has 1 heterocycles. The Hall–Kier alpha value is -1.52. The molecule has 0 bridgehead atoms. The highest BCUT2D eigenvalue weighted by Crippen LogP contribution is 2.23. The van der Waals surface area contributed by atoms with Crippen molar-refractivity contribution in [2.45, 2.75) is 52.0 Å². The maximum absolute atomic E-state index is 12.2. The minimum atomic E-state index is -0.0988. The smallest absolute Gasteiger partial charge is 0.257 e. The second-order valence-electron chi connectivity index (χ2n) is 5.39. The Balaban J connectivity index is 1.99. The molecule has 1 aliphatic carbocycles. The molecular formula is C13H22N4O. The summed E-state index contributed by atoms with van der Waals surface area (Å²) in [5.74, 6) is 0.956. The summed E-state index contributed by atoms with van der Waals surface area (Å²) in [6, 6.07) is 0.274. The fourth-order valence-electron chi connectivity index (χ4n) is 2.62. The maximum atomic E-state index is 12.2. The molecule has 0 aromatic carbocycles. The van der Waals surface area contributed by atoms with Gasteiger partial charge in [-0.3, -0.25) is 9.89 Å². The number of nitrogens with zero attached hydrogens (tertiary/aromatic N) is 1. The van der Waals surface area contributed by atoms with E-state index in [0.717, 1.165) is 24.5 Å². The monoisotopic (exact) mass is 250 g/mol. The molecule has 5 nitrogen and oxygen atoms in total. The molecule has 0 spiro atoms. The van der Waals surface area contributed by atoms with Crippen LogP contribution >= 0.6 is 0 Å². The number of H-pyrrole nitrogens is 1. The van der Waals surface area contributed by atoms with Crippen LogP contribution in [0.5, 0.6) is 0 Å². The van der Waals surface area contributed by atoms with Gasteiger partial charge in [0, 0.05) is 11.7 Å². The lowest BCUT2D eigenvalue weighted by Gasteiger charge is -2.16. The van der Waals surface area contributed by atoms with Gasteiger partial charge in [-0.05, 0) is 32.1 Å². The van der Waals surface area contributed by atoms with Crippen molar-refractivity contribution in [3.63, 3.8) is 0 Å². The van der Waals surface area contributed by atoms with Crippen LogP contribution in [0.25, 0.3) is 0 Å². The molecule has 1 aliphatic rings.